The molecule has 5 N–H and O–H groups in total. The SMILES string of the molecule is Nc1[nH]c(=O)c(C(=O)O)c(-c2cccc(OCC(F)(F)F)c2)c1C(=O)O. The van der Waals surface area contributed by atoms with Crippen LogP contribution in [0.1, 0.15) is 20.7 Å². The number of nitrogen functional groups attached to an aromatic ring is 1. The maximum Gasteiger partial charge on any atom is 0.422 e. The summed E-state index contributed by atoms with van der Waals surface area (Å²) >= 11 is 0. The van der Waals surface area contributed by atoms with Crippen molar-refractivity contribution in [2.75, 3.05) is 12.3 Å². The normalized spacial score (nSPS) is 11.2. The van der Waals surface area contributed by atoms with Crippen LogP contribution in [0.25, 0.3) is 11.1 Å². The highest BCUT2D eigenvalue weighted by atomic mass is 19.4. The first-order valence-corrected chi connectivity index (χ1v) is 6.83. The molecule has 0 saturated heterocycles. The molecule has 0 amide bonds. The fourth-order valence-electron chi connectivity index (χ4n) is 2.24. The molecule has 11 heteroatoms. The van der Waals surface area contributed by atoms with Crippen LogP contribution in [-0.4, -0.2) is 39.9 Å². The summed E-state index contributed by atoms with van der Waals surface area (Å²) in [6, 6.07) is 4.58. The Morgan fingerprint density at radius 1 is 1.15 bits per heavy atom. The monoisotopic (exact) mass is 372 g/mol. The molecule has 26 heavy (non-hydrogen) atoms. The van der Waals surface area contributed by atoms with Crippen molar-refractivity contribution in [1.29, 1.82) is 0 Å². The molecule has 1 heterocycles. The van der Waals surface area contributed by atoms with Gasteiger partial charge in [-0.1, -0.05) is 12.1 Å². The summed E-state index contributed by atoms with van der Waals surface area (Å²) in [6.07, 6.45) is -4.61. The Hall–Kier alpha value is -3.50. The molecule has 1 aromatic heterocycles. The Balaban J connectivity index is 2.69. The van der Waals surface area contributed by atoms with Gasteiger partial charge in [0.2, 0.25) is 0 Å². The van der Waals surface area contributed by atoms with E-state index in [9.17, 15) is 37.8 Å². The topological polar surface area (TPSA) is 143 Å². The maximum atomic E-state index is 12.3. The van der Waals surface area contributed by atoms with Crippen LogP contribution in [0.5, 0.6) is 5.75 Å². The quantitative estimate of drug-likeness (QED) is 0.628. The molecule has 0 radical (unpaired) electrons. The van der Waals surface area contributed by atoms with E-state index in [1.54, 1.807) is 0 Å². The third-order valence-electron chi connectivity index (χ3n) is 3.20. The fourth-order valence-corrected chi connectivity index (χ4v) is 2.24. The number of aromatic carboxylic acids is 2. The molecule has 2 rings (SSSR count). The van der Waals surface area contributed by atoms with E-state index >= 15 is 0 Å². The number of aromatic nitrogens is 1. The van der Waals surface area contributed by atoms with Crippen molar-refractivity contribution in [1.82, 2.24) is 4.98 Å². The smallest absolute Gasteiger partial charge is 0.422 e. The molecule has 138 valence electrons. The van der Waals surface area contributed by atoms with Gasteiger partial charge in [0.05, 0.1) is 0 Å². The number of hydrogen-bond acceptors (Lipinski definition) is 5. The van der Waals surface area contributed by atoms with Crippen LogP contribution in [0, 0.1) is 0 Å². The number of benzene rings is 1. The lowest BCUT2D eigenvalue weighted by molar-refractivity contribution is -0.153. The lowest BCUT2D eigenvalue weighted by Crippen LogP contribution is -2.24. The third kappa shape index (κ3) is 3.94. The highest BCUT2D eigenvalue weighted by Gasteiger charge is 2.29. The number of anilines is 1. The summed E-state index contributed by atoms with van der Waals surface area (Å²) < 4.78 is 41.4. The number of rotatable bonds is 5. The predicted molar refractivity (Wildman–Crippen MR) is 82.4 cm³/mol. The zero-order chi connectivity index (χ0) is 19.6. The van der Waals surface area contributed by atoms with Crippen LogP contribution < -0.4 is 16.0 Å². The van der Waals surface area contributed by atoms with Gasteiger partial charge in [0.1, 0.15) is 22.7 Å². The maximum absolute atomic E-state index is 12.3. The van der Waals surface area contributed by atoms with Crippen LogP contribution in [0.4, 0.5) is 19.0 Å². The van der Waals surface area contributed by atoms with Gasteiger partial charge in [-0.15, -0.1) is 0 Å². The Kier molecular flexibility index (Phi) is 4.91. The molecule has 0 saturated carbocycles. The molecular weight excluding hydrogens is 361 g/mol. The summed E-state index contributed by atoms with van der Waals surface area (Å²) in [5.74, 6) is -4.25. The molecule has 0 spiro atoms. The molecule has 0 bridgehead atoms. The Bertz CT molecular complexity index is 936. The number of nitrogens with one attached hydrogen (secondary N) is 1. The van der Waals surface area contributed by atoms with E-state index in [0.29, 0.717) is 0 Å². The lowest BCUT2D eigenvalue weighted by Gasteiger charge is -2.14. The summed E-state index contributed by atoms with van der Waals surface area (Å²) in [5.41, 5.74) is 2.01. The summed E-state index contributed by atoms with van der Waals surface area (Å²) in [6.45, 7) is -1.61. The van der Waals surface area contributed by atoms with Gasteiger partial charge < -0.3 is 25.7 Å². The second-order valence-electron chi connectivity index (χ2n) is 5.03. The van der Waals surface area contributed by atoms with Gasteiger partial charge in [-0.3, -0.25) is 4.79 Å². The molecule has 0 aliphatic heterocycles. The number of alkyl halides is 3. The van der Waals surface area contributed by atoms with E-state index in [4.69, 9.17) is 5.73 Å². The molecule has 0 unspecified atom stereocenters. The van der Waals surface area contributed by atoms with E-state index in [0.717, 1.165) is 12.1 Å². The summed E-state index contributed by atoms with van der Waals surface area (Å²) in [7, 11) is 0. The number of nitrogens with two attached hydrogens (primary N) is 1. The van der Waals surface area contributed by atoms with E-state index in [1.807, 2.05) is 4.98 Å². The molecule has 0 fully saturated rings. The first-order chi connectivity index (χ1) is 12.0. The van der Waals surface area contributed by atoms with E-state index in [-0.39, 0.29) is 11.3 Å². The minimum atomic E-state index is -4.61. The third-order valence-corrected chi connectivity index (χ3v) is 3.20. The van der Waals surface area contributed by atoms with Crippen LogP contribution >= 0.6 is 0 Å². The van der Waals surface area contributed by atoms with E-state index < -0.39 is 52.8 Å². The van der Waals surface area contributed by atoms with E-state index in [2.05, 4.69) is 4.74 Å². The molecule has 0 aliphatic rings. The van der Waals surface area contributed by atoms with Crippen LogP contribution in [-0.2, 0) is 0 Å². The van der Waals surface area contributed by atoms with E-state index in [1.165, 1.54) is 12.1 Å². The molecule has 0 aliphatic carbocycles. The number of aromatic amines is 1. The number of halogens is 3. The molecule has 2 aromatic rings. The average molecular weight is 372 g/mol. The lowest BCUT2D eigenvalue weighted by atomic mass is 9.95. The van der Waals surface area contributed by atoms with Crippen molar-refractivity contribution in [3.05, 3.63) is 45.7 Å². The van der Waals surface area contributed by atoms with Gasteiger partial charge in [0.15, 0.2) is 6.61 Å². The number of pyridine rings is 1. The summed E-state index contributed by atoms with van der Waals surface area (Å²) in [4.78, 5) is 36.7. The minimum Gasteiger partial charge on any atom is -0.484 e. The van der Waals surface area contributed by atoms with Gasteiger partial charge >= 0.3 is 18.1 Å². The molecule has 1 aromatic carbocycles. The standard InChI is InChI=1S/C15H11F3N2O6/c16-15(17,18)5-26-7-3-1-2-6(4-7)8-9(13(22)23)11(19)20-12(21)10(8)14(24)25/h1-4H,5H2,(H,22,23)(H,24,25)(H3,19,20,21). The largest absolute Gasteiger partial charge is 0.484 e. The average Bonchev–Trinajstić information content (AvgIpc) is 2.51. The van der Waals surface area contributed by atoms with Crippen molar-refractivity contribution < 1.29 is 37.7 Å². The van der Waals surface area contributed by atoms with Gasteiger partial charge in [0, 0.05) is 5.56 Å². The fraction of sp³-hybridized carbons (Fsp3) is 0.133. The molecule has 0 atom stereocenters. The Labute approximate surface area is 142 Å². The number of hydrogen-bond donors (Lipinski definition) is 4. The molecule has 8 nitrogen and oxygen atoms in total. The zero-order valence-corrected chi connectivity index (χ0v) is 12.8. The van der Waals surface area contributed by atoms with Gasteiger partial charge in [-0.2, -0.15) is 13.2 Å². The predicted octanol–water partition coefficient (Wildman–Crippen LogP) is 1.96. The number of carboxylic acids is 2. The summed E-state index contributed by atoms with van der Waals surface area (Å²) in [5, 5.41) is 18.6. The number of carboxylic acid groups (broad SMARTS) is 2. The molecular formula is C15H11F3N2O6. The first-order valence-electron chi connectivity index (χ1n) is 6.83. The highest BCUT2D eigenvalue weighted by Crippen LogP contribution is 2.31. The van der Waals surface area contributed by atoms with Crippen molar-refractivity contribution >= 4 is 17.8 Å². The van der Waals surface area contributed by atoms with Crippen molar-refractivity contribution in [2.24, 2.45) is 0 Å². The minimum absolute atomic E-state index is 0.155. The Morgan fingerprint density at radius 2 is 1.77 bits per heavy atom. The van der Waals surface area contributed by atoms with Crippen molar-refractivity contribution in [2.45, 2.75) is 6.18 Å². The van der Waals surface area contributed by atoms with Crippen LogP contribution in [0.3, 0.4) is 0 Å². The van der Waals surface area contributed by atoms with Gasteiger partial charge in [0.25, 0.3) is 5.56 Å². The Morgan fingerprint density at radius 3 is 2.31 bits per heavy atom. The van der Waals surface area contributed by atoms with Crippen LogP contribution in [0.2, 0.25) is 0 Å². The number of H-pyrrole nitrogens is 1. The number of carbonyl (C=O) groups is 2. The second-order valence-corrected chi connectivity index (χ2v) is 5.03. The van der Waals surface area contributed by atoms with Crippen molar-refractivity contribution in [3.63, 3.8) is 0 Å². The van der Waals surface area contributed by atoms with Gasteiger partial charge in [-0.05, 0) is 17.7 Å². The second kappa shape index (κ2) is 6.78. The number of ether oxygens (including phenoxy) is 1. The van der Waals surface area contributed by atoms with Gasteiger partial charge in [-0.25, -0.2) is 9.59 Å². The van der Waals surface area contributed by atoms with Crippen LogP contribution in [0.15, 0.2) is 29.1 Å². The zero-order valence-electron chi connectivity index (χ0n) is 12.8. The first kappa shape index (κ1) is 18.8. The van der Waals surface area contributed by atoms with Crippen molar-refractivity contribution in [3.8, 4) is 16.9 Å². The highest BCUT2D eigenvalue weighted by molar-refractivity contribution is 6.07.